The molecule has 7 heteroatoms. The number of hydrogen-bond donors (Lipinski definition) is 2. The number of ether oxygens (including phenoxy) is 2. The number of hydrogen-bond acceptors (Lipinski definition) is 4. The van der Waals surface area contributed by atoms with E-state index in [0.717, 1.165) is 48.1 Å². The second kappa shape index (κ2) is 9.10. The third kappa shape index (κ3) is 4.01. The normalized spacial score (nSPS) is 25.8. The molecule has 1 saturated carbocycles. The topological polar surface area (TPSA) is 79.9 Å². The van der Waals surface area contributed by atoms with Crippen LogP contribution in [-0.4, -0.2) is 35.2 Å². The molecular weight excluding hydrogens is 442 g/mol. The molecule has 2 N–H and O–H groups in total. The van der Waals surface area contributed by atoms with Gasteiger partial charge in [0, 0.05) is 17.3 Å². The number of carbonyl (C=O) groups excluding carboxylic acids is 2. The number of nitrogens with zero attached hydrogens (tertiary/aromatic N) is 1. The van der Waals surface area contributed by atoms with E-state index in [1.165, 1.54) is 6.42 Å². The highest BCUT2D eigenvalue weighted by molar-refractivity contribution is 5.97. The van der Waals surface area contributed by atoms with Crippen LogP contribution in [0.1, 0.15) is 68.7 Å². The zero-order chi connectivity index (χ0) is 24.7. The van der Waals surface area contributed by atoms with Gasteiger partial charge >= 0.3 is 6.03 Å². The largest absolute Gasteiger partial charge is 0.490 e. The predicted octanol–water partition coefficient (Wildman–Crippen LogP) is 5.46. The highest BCUT2D eigenvalue weighted by atomic mass is 16.5. The maximum Gasteiger partial charge on any atom is 0.321 e. The molecule has 1 saturated heterocycles. The van der Waals surface area contributed by atoms with Crippen molar-refractivity contribution < 1.29 is 19.1 Å². The first kappa shape index (κ1) is 23.5. The molecule has 0 aromatic heterocycles. The van der Waals surface area contributed by atoms with Crippen molar-refractivity contribution in [2.45, 2.75) is 77.6 Å². The minimum absolute atomic E-state index is 0.0203. The number of rotatable bonds is 5. The highest BCUT2D eigenvalue weighted by Crippen LogP contribution is 2.52. The van der Waals surface area contributed by atoms with Crippen molar-refractivity contribution in [1.82, 2.24) is 10.2 Å². The van der Waals surface area contributed by atoms with E-state index < -0.39 is 17.7 Å². The number of amides is 3. The zero-order valence-electron chi connectivity index (χ0n) is 21.0. The Balaban J connectivity index is 1.59. The van der Waals surface area contributed by atoms with Crippen LogP contribution in [0.3, 0.4) is 0 Å². The summed E-state index contributed by atoms with van der Waals surface area (Å²) < 4.78 is 12.6. The lowest BCUT2D eigenvalue weighted by Gasteiger charge is -2.57. The monoisotopic (exact) mass is 477 g/mol. The van der Waals surface area contributed by atoms with Crippen LogP contribution in [0.5, 0.6) is 11.5 Å². The first-order valence-electron chi connectivity index (χ1n) is 12.8. The molecule has 0 unspecified atom stereocenters. The van der Waals surface area contributed by atoms with Crippen LogP contribution in [0.25, 0.3) is 0 Å². The van der Waals surface area contributed by atoms with Gasteiger partial charge in [0.25, 0.3) is 0 Å². The minimum Gasteiger partial charge on any atom is -0.490 e. The van der Waals surface area contributed by atoms with Crippen molar-refractivity contribution in [1.29, 1.82) is 0 Å². The van der Waals surface area contributed by atoms with Crippen LogP contribution in [0.2, 0.25) is 0 Å². The van der Waals surface area contributed by atoms with E-state index in [-0.39, 0.29) is 18.0 Å². The molecule has 2 bridgehead atoms. The van der Waals surface area contributed by atoms with Gasteiger partial charge in [0.05, 0.1) is 12.6 Å². The van der Waals surface area contributed by atoms with E-state index in [1.54, 1.807) is 4.90 Å². The number of benzene rings is 2. The van der Waals surface area contributed by atoms with Gasteiger partial charge in [-0.25, -0.2) is 4.79 Å². The van der Waals surface area contributed by atoms with Crippen molar-refractivity contribution in [3.63, 3.8) is 0 Å². The summed E-state index contributed by atoms with van der Waals surface area (Å²) in [5.41, 5.74) is 2.52. The van der Waals surface area contributed by atoms with Crippen LogP contribution < -0.4 is 20.1 Å². The van der Waals surface area contributed by atoms with Gasteiger partial charge in [-0.15, -0.1) is 0 Å². The fraction of sp³-hybridized carbons (Fsp3) is 0.500. The molecule has 7 nitrogen and oxygen atoms in total. The van der Waals surface area contributed by atoms with Crippen LogP contribution in [0, 0.1) is 19.8 Å². The third-order valence-electron chi connectivity index (χ3n) is 7.70. The van der Waals surface area contributed by atoms with Gasteiger partial charge in [0.2, 0.25) is 5.91 Å². The Hall–Kier alpha value is -3.22. The van der Waals surface area contributed by atoms with E-state index in [4.69, 9.17) is 9.47 Å². The fourth-order valence-corrected chi connectivity index (χ4v) is 6.11. The van der Waals surface area contributed by atoms with Crippen LogP contribution in [-0.2, 0) is 4.79 Å². The number of urea groups is 1. The molecular formula is C28H35N3O4. The lowest BCUT2D eigenvalue weighted by molar-refractivity contribution is -0.163. The van der Waals surface area contributed by atoms with E-state index in [9.17, 15) is 9.59 Å². The summed E-state index contributed by atoms with van der Waals surface area (Å²) in [7, 11) is 0. The molecule has 186 valence electrons. The molecule has 0 spiro atoms. The Kier molecular flexibility index (Phi) is 6.11. The molecule has 1 aliphatic carbocycles. The average molecular weight is 478 g/mol. The Morgan fingerprint density at radius 2 is 1.97 bits per heavy atom. The lowest BCUT2D eigenvalue weighted by Crippen LogP contribution is -2.73. The van der Waals surface area contributed by atoms with Gasteiger partial charge in [-0.3, -0.25) is 9.69 Å². The summed E-state index contributed by atoms with van der Waals surface area (Å²) in [4.78, 5) is 29.3. The average Bonchev–Trinajstić information content (AvgIpc) is 2.82. The molecule has 5 rings (SSSR count). The first-order chi connectivity index (χ1) is 16.8. The summed E-state index contributed by atoms with van der Waals surface area (Å²) in [5.74, 6) is 0.428. The SMILES string of the molecule is CCOc1cccc2c1O[C@@]1(C)[C@H](C(=O)Nc3ccc(C)cc3C)[C@@H]2NC(=O)N1C1CCCCC1. The molecule has 2 aromatic carbocycles. The van der Waals surface area contributed by atoms with Gasteiger partial charge in [-0.05, 0) is 58.2 Å². The first-order valence-corrected chi connectivity index (χ1v) is 12.8. The summed E-state index contributed by atoms with van der Waals surface area (Å²) >= 11 is 0. The summed E-state index contributed by atoms with van der Waals surface area (Å²) in [6.07, 6.45) is 5.10. The molecule has 0 radical (unpaired) electrons. The Labute approximate surface area is 207 Å². The molecule has 2 aromatic rings. The van der Waals surface area contributed by atoms with E-state index in [0.29, 0.717) is 18.1 Å². The summed E-state index contributed by atoms with van der Waals surface area (Å²) in [6, 6.07) is 11.0. The highest BCUT2D eigenvalue weighted by Gasteiger charge is 2.61. The Bertz CT molecular complexity index is 1140. The smallest absolute Gasteiger partial charge is 0.321 e. The number of fused-ring (bicyclic) bond motifs is 4. The number of aryl methyl sites for hydroxylation is 2. The maximum atomic E-state index is 14.0. The lowest BCUT2D eigenvalue weighted by atomic mass is 9.77. The maximum absolute atomic E-state index is 14.0. The van der Waals surface area contributed by atoms with E-state index in [1.807, 2.05) is 58.0 Å². The summed E-state index contributed by atoms with van der Waals surface area (Å²) in [6.45, 7) is 8.34. The van der Waals surface area contributed by atoms with Crippen molar-refractivity contribution in [2.24, 2.45) is 5.92 Å². The minimum atomic E-state index is -1.15. The molecule has 3 atom stereocenters. The van der Waals surface area contributed by atoms with E-state index in [2.05, 4.69) is 16.7 Å². The van der Waals surface area contributed by atoms with Crippen molar-refractivity contribution in [2.75, 3.05) is 11.9 Å². The Morgan fingerprint density at radius 1 is 1.20 bits per heavy atom. The fourth-order valence-electron chi connectivity index (χ4n) is 6.11. The molecule has 3 amide bonds. The van der Waals surface area contributed by atoms with Gasteiger partial charge in [-0.2, -0.15) is 0 Å². The van der Waals surface area contributed by atoms with Crippen LogP contribution in [0.4, 0.5) is 10.5 Å². The van der Waals surface area contributed by atoms with Gasteiger partial charge < -0.3 is 20.1 Å². The zero-order valence-corrected chi connectivity index (χ0v) is 21.0. The van der Waals surface area contributed by atoms with Crippen molar-refractivity contribution in [3.05, 3.63) is 53.1 Å². The molecule has 2 fully saturated rings. The van der Waals surface area contributed by atoms with Gasteiger partial charge in [0.15, 0.2) is 17.2 Å². The number of nitrogens with one attached hydrogen (secondary N) is 2. The van der Waals surface area contributed by atoms with Gasteiger partial charge in [-0.1, -0.05) is 49.1 Å². The quantitative estimate of drug-likeness (QED) is 0.599. The van der Waals surface area contributed by atoms with E-state index >= 15 is 0 Å². The number of anilines is 1. The van der Waals surface area contributed by atoms with Gasteiger partial charge in [0.1, 0.15) is 5.92 Å². The Morgan fingerprint density at radius 3 is 2.69 bits per heavy atom. The molecule has 2 aliphatic heterocycles. The van der Waals surface area contributed by atoms with Crippen molar-refractivity contribution in [3.8, 4) is 11.5 Å². The van der Waals surface area contributed by atoms with Crippen LogP contribution >= 0.6 is 0 Å². The predicted molar refractivity (Wildman–Crippen MR) is 135 cm³/mol. The molecule has 35 heavy (non-hydrogen) atoms. The molecule has 2 heterocycles. The van der Waals surface area contributed by atoms with Crippen LogP contribution in [0.15, 0.2) is 36.4 Å². The van der Waals surface area contributed by atoms with Crippen molar-refractivity contribution >= 4 is 17.6 Å². The second-order valence-electron chi connectivity index (χ2n) is 10.1. The third-order valence-corrected chi connectivity index (χ3v) is 7.70. The molecule has 3 aliphatic rings. The number of carbonyl (C=O) groups is 2. The second-order valence-corrected chi connectivity index (χ2v) is 10.1. The summed E-state index contributed by atoms with van der Waals surface area (Å²) in [5, 5.41) is 6.32. The standard InChI is InChI=1S/C28H35N3O4/c1-5-34-22-13-9-12-20-24-23(26(32)29-21-15-14-17(2)16-18(21)3)28(4,35-25(20)22)31(27(33)30-24)19-10-7-6-8-11-19/h9,12-16,19,23-24H,5-8,10-11H2,1-4H3,(H,29,32)(H,30,33)/t23-,24+,28-/m0/s1. The number of para-hydroxylation sites is 1.